The van der Waals surface area contributed by atoms with Gasteiger partial charge in [-0.1, -0.05) is 19.1 Å². The summed E-state index contributed by atoms with van der Waals surface area (Å²) in [4.78, 5) is 61.8. The van der Waals surface area contributed by atoms with Gasteiger partial charge >= 0.3 is 18.0 Å². The minimum atomic E-state index is -0.951. The molecule has 3 rings (SSSR count). The molecule has 10 nitrogen and oxygen atoms in total. The summed E-state index contributed by atoms with van der Waals surface area (Å²) in [6.45, 7) is 4.51. The minimum Gasteiger partial charge on any atom is -0.454 e. The number of benzene rings is 1. The second kappa shape index (κ2) is 9.37. The van der Waals surface area contributed by atoms with E-state index in [-0.39, 0.29) is 0 Å². The smallest absolute Gasteiger partial charge is 0.326 e. The summed E-state index contributed by atoms with van der Waals surface area (Å²) in [7, 11) is 0. The van der Waals surface area contributed by atoms with Crippen LogP contribution in [0.1, 0.15) is 43.7 Å². The molecule has 0 unspecified atom stereocenters. The molecule has 10 heteroatoms. The molecule has 1 saturated heterocycles. The van der Waals surface area contributed by atoms with E-state index in [0.717, 1.165) is 28.9 Å². The van der Waals surface area contributed by atoms with Crippen LogP contribution in [0, 0.1) is 19.8 Å². The van der Waals surface area contributed by atoms with Gasteiger partial charge in [-0.25, -0.2) is 9.59 Å². The van der Waals surface area contributed by atoms with E-state index in [1.807, 2.05) is 19.9 Å². The Hall–Kier alpha value is -3.43. The molecular weight excluding hydrogens is 416 g/mol. The first-order chi connectivity index (χ1) is 15.1. The van der Waals surface area contributed by atoms with Crippen LogP contribution in [0.5, 0.6) is 0 Å². The predicted octanol–water partition coefficient (Wildman–Crippen LogP) is 2.00. The highest BCUT2D eigenvalue weighted by Gasteiger charge is 2.52. The number of rotatable bonds is 5. The molecule has 1 saturated carbocycles. The van der Waals surface area contributed by atoms with Crippen LogP contribution in [0.4, 0.5) is 15.3 Å². The molecule has 6 amide bonds. The summed E-state index contributed by atoms with van der Waals surface area (Å²) in [6, 6.07) is 3.96. The van der Waals surface area contributed by atoms with Crippen molar-refractivity contribution in [2.24, 2.45) is 5.92 Å². The average molecular weight is 444 g/mol. The fourth-order valence-electron chi connectivity index (χ4n) is 3.94. The van der Waals surface area contributed by atoms with Gasteiger partial charge in [-0.15, -0.1) is 0 Å². The monoisotopic (exact) mass is 444 g/mol. The van der Waals surface area contributed by atoms with Crippen molar-refractivity contribution in [3.8, 4) is 0 Å². The third kappa shape index (κ3) is 5.06. The fraction of sp³-hybridized carbons (Fsp3) is 0.500. The maximum absolute atomic E-state index is 12.7. The Morgan fingerprint density at radius 1 is 1.19 bits per heavy atom. The third-order valence-electron chi connectivity index (χ3n) is 6.13. The number of urea groups is 2. The van der Waals surface area contributed by atoms with Gasteiger partial charge in [0.25, 0.3) is 11.8 Å². The van der Waals surface area contributed by atoms with Gasteiger partial charge in [-0.2, -0.15) is 0 Å². The highest BCUT2D eigenvalue weighted by molar-refractivity contribution is 6.09. The summed E-state index contributed by atoms with van der Waals surface area (Å²) in [5.41, 5.74) is 1.44. The number of aryl methyl sites for hydroxylation is 1. The quantitative estimate of drug-likeness (QED) is 0.470. The number of anilines is 1. The lowest BCUT2D eigenvalue weighted by Crippen LogP contribution is -2.49. The van der Waals surface area contributed by atoms with Crippen LogP contribution in [0.3, 0.4) is 0 Å². The van der Waals surface area contributed by atoms with Crippen molar-refractivity contribution in [3.05, 3.63) is 29.3 Å². The van der Waals surface area contributed by atoms with E-state index >= 15 is 0 Å². The first-order valence-corrected chi connectivity index (χ1v) is 10.6. The van der Waals surface area contributed by atoms with Crippen LogP contribution in [0.25, 0.3) is 0 Å². The zero-order valence-corrected chi connectivity index (χ0v) is 18.4. The Bertz CT molecular complexity index is 952. The first kappa shape index (κ1) is 23.2. The van der Waals surface area contributed by atoms with E-state index in [4.69, 9.17) is 4.74 Å². The fourth-order valence-corrected chi connectivity index (χ4v) is 3.94. The summed E-state index contributed by atoms with van der Waals surface area (Å²) in [6.07, 6.45) is 2.69. The molecule has 2 aliphatic rings. The lowest BCUT2D eigenvalue weighted by molar-refractivity contribution is -0.151. The molecule has 2 fully saturated rings. The molecule has 1 heterocycles. The number of hydrogen-bond donors (Lipinski definition) is 3. The molecule has 1 spiro atoms. The largest absolute Gasteiger partial charge is 0.454 e. The molecule has 1 aromatic rings. The second-order valence-corrected chi connectivity index (χ2v) is 8.50. The summed E-state index contributed by atoms with van der Waals surface area (Å²) in [5, 5.41) is 7.34. The molecule has 172 valence electrons. The Morgan fingerprint density at radius 2 is 1.88 bits per heavy atom. The first-order valence-electron chi connectivity index (χ1n) is 10.6. The molecule has 3 N–H and O–H groups in total. The topological polar surface area (TPSA) is 134 Å². The van der Waals surface area contributed by atoms with E-state index in [2.05, 4.69) is 22.9 Å². The lowest BCUT2D eigenvalue weighted by Gasteiger charge is -2.33. The predicted molar refractivity (Wildman–Crippen MR) is 115 cm³/mol. The summed E-state index contributed by atoms with van der Waals surface area (Å²) < 4.78 is 4.84. The van der Waals surface area contributed by atoms with Crippen molar-refractivity contribution in [2.75, 3.05) is 18.5 Å². The number of nitrogens with one attached hydrogen (secondary N) is 3. The normalized spacial score (nSPS) is 22.5. The standard InChI is InChI=1S/C22H28N4O6/c1-13-7-9-22(10-8-13)19(29)26(21(31)25-22)11-18(28)32-12-17(27)24-20(30)23-16-6-4-5-14(2)15(16)3/h4-6,13H,7-12H2,1-3H3,(H,25,31)(H2,23,24,27,30). The molecule has 1 aliphatic heterocycles. The number of esters is 1. The van der Waals surface area contributed by atoms with Gasteiger partial charge in [-0.05, 0) is 62.6 Å². The van der Waals surface area contributed by atoms with E-state index in [9.17, 15) is 24.0 Å². The zero-order valence-electron chi connectivity index (χ0n) is 18.4. The highest BCUT2D eigenvalue weighted by Crippen LogP contribution is 2.36. The van der Waals surface area contributed by atoms with Gasteiger partial charge in [0.15, 0.2) is 6.61 Å². The lowest BCUT2D eigenvalue weighted by atomic mass is 9.77. The van der Waals surface area contributed by atoms with Crippen LogP contribution in [0.15, 0.2) is 18.2 Å². The summed E-state index contributed by atoms with van der Waals surface area (Å²) >= 11 is 0. The Morgan fingerprint density at radius 3 is 2.56 bits per heavy atom. The van der Waals surface area contributed by atoms with Crippen LogP contribution in [0.2, 0.25) is 0 Å². The molecule has 0 radical (unpaired) electrons. The summed E-state index contributed by atoms with van der Waals surface area (Å²) in [5.74, 6) is -1.71. The van der Waals surface area contributed by atoms with Gasteiger partial charge in [0, 0.05) is 5.69 Å². The average Bonchev–Trinajstić information content (AvgIpc) is 2.96. The Balaban J connectivity index is 1.46. The van der Waals surface area contributed by atoms with Crippen molar-refractivity contribution < 1.29 is 28.7 Å². The van der Waals surface area contributed by atoms with Crippen molar-refractivity contribution in [3.63, 3.8) is 0 Å². The number of carbonyl (C=O) groups is 5. The molecule has 32 heavy (non-hydrogen) atoms. The van der Waals surface area contributed by atoms with E-state index in [1.165, 1.54) is 0 Å². The van der Waals surface area contributed by atoms with Gasteiger partial charge in [0.1, 0.15) is 12.1 Å². The van der Waals surface area contributed by atoms with E-state index in [1.54, 1.807) is 12.1 Å². The van der Waals surface area contributed by atoms with Crippen molar-refractivity contribution >= 4 is 35.5 Å². The number of amides is 6. The number of imide groups is 2. The Labute approximate surface area is 186 Å². The zero-order chi connectivity index (χ0) is 23.5. The molecular formula is C22H28N4O6. The molecule has 0 bridgehead atoms. The van der Waals surface area contributed by atoms with Crippen LogP contribution < -0.4 is 16.0 Å². The molecule has 1 aromatic carbocycles. The SMILES string of the molecule is Cc1cccc(NC(=O)NC(=O)COC(=O)CN2C(=O)NC3(CCC(C)CC3)C2=O)c1C. The molecule has 0 atom stereocenters. The van der Waals surface area contributed by atoms with Gasteiger partial charge in [0.05, 0.1) is 0 Å². The van der Waals surface area contributed by atoms with Gasteiger partial charge in [0.2, 0.25) is 0 Å². The molecule has 0 aromatic heterocycles. The van der Waals surface area contributed by atoms with Crippen LogP contribution >= 0.6 is 0 Å². The Kier molecular flexibility index (Phi) is 6.81. The third-order valence-corrected chi connectivity index (χ3v) is 6.13. The number of ether oxygens (including phenoxy) is 1. The maximum Gasteiger partial charge on any atom is 0.326 e. The highest BCUT2D eigenvalue weighted by atomic mass is 16.5. The van der Waals surface area contributed by atoms with Crippen molar-refractivity contribution in [1.82, 2.24) is 15.5 Å². The van der Waals surface area contributed by atoms with Crippen LogP contribution in [-0.4, -0.2) is 53.4 Å². The van der Waals surface area contributed by atoms with E-state index in [0.29, 0.717) is 24.4 Å². The number of hydrogen-bond acceptors (Lipinski definition) is 6. The van der Waals surface area contributed by atoms with Gasteiger partial charge in [-0.3, -0.25) is 24.6 Å². The number of carbonyl (C=O) groups excluding carboxylic acids is 5. The maximum atomic E-state index is 12.7. The number of nitrogens with zero attached hydrogens (tertiary/aromatic N) is 1. The minimum absolute atomic E-state index is 0.441. The van der Waals surface area contributed by atoms with Crippen molar-refractivity contribution in [1.29, 1.82) is 0 Å². The van der Waals surface area contributed by atoms with Crippen LogP contribution in [-0.2, 0) is 19.1 Å². The molecule has 1 aliphatic carbocycles. The van der Waals surface area contributed by atoms with Gasteiger partial charge < -0.3 is 15.4 Å². The second-order valence-electron chi connectivity index (χ2n) is 8.50. The van der Waals surface area contributed by atoms with Crippen molar-refractivity contribution in [2.45, 2.75) is 52.0 Å². The van der Waals surface area contributed by atoms with E-state index < -0.39 is 48.5 Å².